The summed E-state index contributed by atoms with van der Waals surface area (Å²) in [5.41, 5.74) is -0.0625. The molecule has 4 N–H and O–H groups in total. The van der Waals surface area contributed by atoms with Crippen molar-refractivity contribution in [1.82, 2.24) is 15.3 Å². The Balaban J connectivity index is 1.87. The van der Waals surface area contributed by atoms with Crippen LogP contribution in [0, 0.1) is 5.41 Å². The average Bonchev–Trinajstić information content (AvgIpc) is 2.89. The number of imidazole rings is 1. The SMILES string of the molecule is O=C(NCC1(CCO)CC1)c1c[nH]c(=O)[nH]1. The van der Waals surface area contributed by atoms with Crippen LogP contribution >= 0.6 is 0 Å². The van der Waals surface area contributed by atoms with Gasteiger partial charge in [-0.2, -0.15) is 0 Å². The first-order valence-electron chi connectivity index (χ1n) is 5.32. The van der Waals surface area contributed by atoms with Gasteiger partial charge in [0, 0.05) is 19.3 Å². The number of carbonyl (C=O) groups is 1. The van der Waals surface area contributed by atoms with Gasteiger partial charge in [-0.15, -0.1) is 0 Å². The Labute approximate surface area is 92.1 Å². The third-order valence-electron chi connectivity index (χ3n) is 3.06. The molecule has 1 aliphatic carbocycles. The molecule has 0 aliphatic heterocycles. The summed E-state index contributed by atoms with van der Waals surface area (Å²) >= 11 is 0. The maximum absolute atomic E-state index is 11.6. The zero-order valence-corrected chi connectivity index (χ0v) is 8.88. The summed E-state index contributed by atoms with van der Waals surface area (Å²) in [4.78, 5) is 27.1. The molecule has 6 nitrogen and oxygen atoms in total. The zero-order valence-electron chi connectivity index (χ0n) is 8.88. The molecule has 6 heteroatoms. The highest BCUT2D eigenvalue weighted by Gasteiger charge is 2.41. The first-order chi connectivity index (χ1) is 7.65. The molecule has 88 valence electrons. The molecule has 0 atom stereocenters. The van der Waals surface area contributed by atoms with Crippen LogP contribution in [0.4, 0.5) is 0 Å². The molecule has 1 aliphatic rings. The van der Waals surface area contributed by atoms with Crippen LogP contribution in [0.5, 0.6) is 0 Å². The van der Waals surface area contributed by atoms with Crippen molar-refractivity contribution in [1.29, 1.82) is 0 Å². The number of carbonyl (C=O) groups excluding carboxylic acids is 1. The normalized spacial score (nSPS) is 17.1. The minimum absolute atomic E-state index is 0.0843. The highest BCUT2D eigenvalue weighted by Crippen LogP contribution is 2.47. The lowest BCUT2D eigenvalue weighted by Crippen LogP contribution is -2.31. The summed E-state index contributed by atoms with van der Waals surface area (Å²) in [6.45, 7) is 0.705. The standard InChI is InChI=1S/C10H15N3O3/c14-4-3-10(1-2-10)6-12-8(15)7-5-11-9(16)13-7/h5,14H,1-4,6H2,(H,12,15)(H2,11,13,16). The number of aliphatic hydroxyl groups excluding tert-OH is 1. The minimum Gasteiger partial charge on any atom is -0.396 e. The van der Waals surface area contributed by atoms with E-state index < -0.39 is 0 Å². The number of aliphatic hydroxyl groups is 1. The summed E-state index contributed by atoms with van der Waals surface area (Å²) in [5, 5.41) is 11.6. The lowest BCUT2D eigenvalue weighted by molar-refractivity contribution is 0.0936. The van der Waals surface area contributed by atoms with Gasteiger partial charge in [-0.1, -0.05) is 0 Å². The Morgan fingerprint density at radius 1 is 1.56 bits per heavy atom. The quantitative estimate of drug-likeness (QED) is 0.548. The van der Waals surface area contributed by atoms with Crippen LogP contribution in [0.2, 0.25) is 0 Å². The molecule has 0 aromatic carbocycles. The maximum Gasteiger partial charge on any atom is 0.323 e. The van der Waals surface area contributed by atoms with E-state index in [9.17, 15) is 9.59 Å². The van der Waals surface area contributed by atoms with E-state index in [4.69, 9.17) is 5.11 Å². The van der Waals surface area contributed by atoms with Crippen molar-refractivity contribution >= 4 is 5.91 Å². The fourth-order valence-electron chi connectivity index (χ4n) is 1.75. The highest BCUT2D eigenvalue weighted by molar-refractivity contribution is 5.91. The summed E-state index contributed by atoms with van der Waals surface area (Å²) in [5.74, 6) is -0.289. The van der Waals surface area contributed by atoms with Gasteiger partial charge in [-0.25, -0.2) is 4.79 Å². The Kier molecular flexibility index (Phi) is 2.82. The summed E-state index contributed by atoms with van der Waals surface area (Å²) in [6.07, 6.45) is 4.15. The van der Waals surface area contributed by atoms with Crippen LogP contribution in [-0.4, -0.2) is 34.1 Å². The fraction of sp³-hybridized carbons (Fsp3) is 0.600. The molecule has 0 spiro atoms. The van der Waals surface area contributed by atoms with Crippen LogP contribution in [0.3, 0.4) is 0 Å². The van der Waals surface area contributed by atoms with Crippen LogP contribution in [0.1, 0.15) is 29.8 Å². The van der Waals surface area contributed by atoms with Gasteiger partial charge >= 0.3 is 5.69 Å². The molecular weight excluding hydrogens is 210 g/mol. The van der Waals surface area contributed by atoms with Gasteiger partial charge in [0.25, 0.3) is 5.91 Å². The minimum atomic E-state index is -0.387. The largest absolute Gasteiger partial charge is 0.396 e. The van der Waals surface area contributed by atoms with Crippen molar-refractivity contribution in [3.8, 4) is 0 Å². The molecule has 1 amide bonds. The molecule has 0 bridgehead atoms. The molecule has 1 fully saturated rings. The smallest absolute Gasteiger partial charge is 0.323 e. The summed E-state index contributed by atoms with van der Waals surface area (Å²) < 4.78 is 0. The summed E-state index contributed by atoms with van der Waals surface area (Å²) in [7, 11) is 0. The van der Waals surface area contributed by atoms with Crippen molar-refractivity contribution in [2.75, 3.05) is 13.2 Å². The first-order valence-corrected chi connectivity index (χ1v) is 5.32. The van der Waals surface area contributed by atoms with Gasteiger partial charge in [0.2, 0.25) is 0 Å². The predicted octanol–water partition coefficient (Wildman–Crippen LogP) is -0.405. The van der Waals surface area contributed by atoms with Gasteiger partial charge in [0.15, 0.2) is 0 Å². The molecule has 1 heterocycles. The fourth-order valence-corrected chi connectivity index (χ4v) is 1.75. The Bertz CT molecular complexity index is 431. The molecule has 1 aromatic heterocycles. The topological polar surface area (TPSA) is 98.0 Å². The summed E-state index contributed by atoms with van der Waals surface area (Å²) in [6, 6.07) is 0. The number of amides is 1. The molecule has 16 heavy (non-hydrogen) atoms. The van der Waals surface area contributed by atoms with Crippen LogP contribution in [0.25, 0.3) is 0 Å². The number of nitrogens with one attached hydrogen (secondary N) is 3. The monoisotopic (exact) mass is 225 g/mol. The molecule has 0 radical (unpaired) electrons. The van der Waals surface area contributed by atoms with E-state index in [-0.39, 0.29) is 29.3 Å². The van der Waals surface area contributed by atoms with Crippen molar-refractivity contribution in [3.05, 3.63) is 22.4 Å². The van der Waals surface area contributed by atoms with Crippen molar-refractivity contribution in [2.24, 2.45) is 5.41 Å². The van der Waals surface area contributed by atoms with Crippen LogP contribution in [-0.2, 0) is 0 Å². The second-order valence-corrected chi connectivity index (χ2v) is 4.31. The van der Waals surface area contributed by atoms with Crippen molar-refractivity contribution < 1.29 is 9.90 Å². The first kappa shape index (κ1) is 10.9. The number of aromatic nitrogens is 2. The molecule has 1 aromatic rings. The van der Waals surface area contributed by atoms with E-state index in [1.165, 1.54) is 6.20 Å². The Hall–Kier alpha value is -1.56. The number of H-pyrrole nitrogens is 2. The number of rotatable bonds is 5. The molecule has 1 saturated carbocycles. The lowest BCUT2D eigenvalue weighted by atomic mass is 10.0. The van der Waals surface area contributed by atoms with E-state index in [2.05, 4.69) is 15.3 Å². The van der Waals surface area contributed by atoms with E-state index in [1.807, 2.05) is 0 Å². The van der Waals surface area contributed by atoms with E-state index >= 15 is 0 Å². The number of hydrogen-bond donors (Lipinski definition) is 4. The third kappa shape index (κ3) is 2.33. The zero-order chi connectivity index (χ0) is 11.6. The molecule has 2 rings (SSSR count). The van der Waals surface area contributed by atoms with Gasteiger partial charge in [-0.3, -0.25) is 4.79 Å². The van der Waals surface area contributed by atoms with Gasteiger partial charge in [-0.05, 0) is 24.7 Å². The van der Waals surface area contributed by atoms with E-state index in [0.717, 1.165) is 19.3 Å². The lowest BCUT2D eigenvalue weighted by Gasteiger charge is -2.13. The number of hydrogen-bond acceptors (Lipinski definition) is 3. The third-order valence-corrected chi connectivity index (χ3v) is 3.06. The maximum atomic E-state index is 11.6. The Morgan fingerprint density at radius 2 is 2.31 bits per heavy atom. The average molecular weight is 225 g/mol. The Morgan fingerprint density at radius 3 is 2.81 bits per heavy atom. The van der Waals surface area contributed by atoms with Crippen molar-refractivity contribution in [2.45, 2.75) is 19.3 Å². The van der Waals surface area contributed by atoms with Gasteiger partial charge < -0.3 is 20.4 Å². The van der Waals surface area contributed by atoms with Crippen LogP contribution in [0.15, 0.2) is 11.0 Å². The van der Waals surface area contributed by atoms with E-state index in [0.29, 0.717) is 6.54 Å². The second-order valence-electron chi connectivity index (χ2n) is 4.31. The molecular formula is C10H15N3O3. The second kappa shape index (κ2) is 4.13. The van der Waals surface area contributed by atoms with Crippen LogP contribution < -0.4 is 11.0 Å². The van der Waals surface area contributed by atoms with Gasteiger partial charge in [0.05, 0.1) is 0 Å². The molecule has 0 unspecified atom stereocenters. The highest BCUT2D eigenvalue weighted by atomic mass is 16.3. The number of aromatic amines is 2. The van der Waals surface area contributed by atoms with E-state index in [1.54, 1.807) is 0 Å². The van der Waals surface area contributed by atoms with Crippen molar-refractivity contribution in [3.63, 3.8) is 0 Å². The van der Waals surface area contributed by atoms with Gasteiger partial charge in [0.1, 0.15) is 5.69 Å². The molecule has 0 saturated heterocycles. The predicted molar refractivity (Wildman–Crippen MR) is 57.1 cm³/mol.